The Balaban J connectivity index is 2.52. The highest BCUT2D eigenvalue weighted by atomic mass is 16.2. The monoisotopic (exact) mass is 259 g/mol. The van der Waals surface area contributed by atoms with Crippen molar-refractivity contribution in [2.45, 2.75) is 20.3 Å². The number of carbonyl (C=O) groups excluding carboxylic acids is 2. The van der Waals surface area contributed by atoms with Crippen LogP contribution in [0.25, 0.3) is 0 Å². The molecule has 0 saturated heterocycles. The lowest BCUT2D eigenvalue weighted by atomic mass is 10.2. The molecule has 0 bridgehead atoms. The Morgan fingerprint density at radius 3 is 2.58 bits per heavy atom. The third-order valence-corrected chi connectivity index (χ3v) is 2.35. The van der Waals surface area contributed by atoms with Crippen molar-refractivity contribution in [1.82, 2.24) is 5.32 Å². The van der Waals surface area contributed by atoms with Crippen LogP contribution in [-0.4, -0.2) is 18.4 Å². The molecule has 1 aromatic carbocycles. The number of carbonyl (C=O) groups is 2. The summed E-state index contributed by atoms with van der Waals surface area (Å²) in [6, 6.07) is 8.64. The second-order valence-electron chi connectivity index (χ2n) is 4.58. The second-order valence-corrected chi connectivity index (χ2v) is 4.58. The van der Waals surface area contributed by atoms with E-state index in [-0.39, 0.29) is 12.3 Å². The standard InChI is InChI=1S/C14H17N3O2/c1-10(2)9-16-13(18)7-14(19)17-12-6-4-3-5-11(12)8-15/h3-6,10H,7,9H2,1-2H3,(H,16,18)(H,17,19). The topological polar surface area (TPSA) is 82.0 Å². The number of nitrogens with one attached hydrogen (secondary N) is 2. The minimum absolute atomic E-state index is 0.244. The number of hydrogen-bond acceptors (Lipinski definition) is 3. The van der Waals surface area contributed by atoms with E-state index in [1.807, 2.05) is 19.9 Å². The van der Waals surface area contributed by atoms with Gasteiger partial charge in [-0.2, -0.15) is 5.26 Å². The molecule has 0 spiro atoms. The average Bonchev–Trinajstić information content (AvgIpc) is 2.37. The largest absolute Gasteiger partial charge is 0.355 e. The summed E-state index contributed by atoms with van der Waals surface area (Å²) in [6.07, 6.45) is -0.244. The van der Waals surface area contributed by atoms with Crippen LogP contribution in [0, 0.1) is 17.2 Å². The molecule has 0 aliphatic rings. The van der Waals surface area contributed by atoms with Crippen molar-refractivity contribution >= 4 is 17.5 Å². The Labute approximate surface area is 112 Å². The van der Waals surface area contributed by atoms with Crippen LogP contribution in [0.3, 0.4) is 0 Å². The number of anilines is 1. The van der Waals surface area contributed by atoms with Gasteiger partial charge >= 0.3 is 0 Å². The van der Waals surface area contributed by atoms with Gasteiger partial charge in [0.1, 0.15) is 12.5 Å². The molecule has 0 aromatic heterocycles. The van der Waals surface area contributed by atoms with Crippen LogP contribution < -0.4 is 10.6 Å². The van der Waals surface area contributed by atoms with Crippen LogP contribution in [0.15, 0.2) is 24.3 Å². The van der Waals surface area contributed by atoms with E-state index >= 15 is 0 Å². The summed E-state index contributed by atoms with van der Waals surface area (Å²) >= 11 is 0. The highest BCUT2D eigenvalue weighted by molar-refractivity contribution is 6.04. The maximum atomic E-state index is 11.7. The normalized spacial score (nSPS) is 9.79. The van der Waals surface area contributed by atoms with Crippen molar-refractivity contribution < 1.29 is 9.59 Å². The summed E-state index contributed by atoms with van der Waals surface area (Å²) in [7, 11) is 0. The van der Waals surface area contributed by atoms with Crippen molar-refractivity contribution in [2.75, 3.05) is 11.9 Å². The van der Waals surface area contributed by atoms with Gasteiger partial charge in [-0.1, -0.05) is 26.0 Å². The zero-order valence-corrected chi connectivity index (χ0v) is 11.1. The van der Waals surface area contributed by atoms with E-state index in [0.717, 1.165) is 0 Å². The van der Waals surface area contributed by atoms with Gasteiger partial charge in [0.2, 0.25) is 11.8 Å². The van der Waals surface area contributed by atoms with Gasteiger partial charge in [0, 0.05) is 6.54 Å². The zero-order chi connectivity index (χ0) is 14.3. The van der Waals surface area contributed by atoms with E-state index in [1.54, 1.807) is 24.3 Å². The molecule has 0 saturated carbocycles. The Bertz CT molecular complexity index is 504. The molecule has 0 atom stereocenters. The predicted molar refractivity (Wildman–Crippen MR) is 72.3 cm³/mol. The van der Waals surface area contributed by atoms with Gasteiger partial charge in [0.25, 0.3) is 0 Å². The van der Waals surface area contributed by atoms with Crippen LogP contribution in [0.2, 0.25) is 0 Å². The van der Waals surface area contributed by atoms with E-state index in [1.165, 1.54) is 0 Å². The van der Waals surface area contributed by atoms with Crippen LogP contribution >= 0.6 is 0 Å². The van der Waals surface area contributed by atoms with E-state index < -0.39 is 5.91 Å². The molecule has 0 unspecified atom stereocenters. The van der Waals surface area contributed by atoms with Crippen LogP contribution in [0.1, 0.15) is 25.8 Å². The number of amides is 2. The molecule has 0 aliphatic heterocycles. The number of nitrogens with zero attached hydrogens (tertiary/aromatic N) is 1. The average molecular weight is 259 g/mol. The first-order valence-electron chi connectivity index (χ1n) is 6.08. The van der Waals surface area contributed by atoms with Gasteiger partial charge in [-0.25, -0.2) is 0 Å². The van der Waals surface area contributed by atoms with Crippen molar-refractivity contribution in [2.24, 2.45) is 5.92 Å². The molecule has 5 heteroatoms. The molecule has 1 aromatic rings. The smallest absolute Gasteiger partial charge is 0.233 e. The SMILES string of the molecule is CC(C)CNC(=O)CC(=O)Nc1ccccc1C#N. The van der Waals surface area contributed by atoms with Crippen molar-refractivity contribution in [3.05, 3.63) is 29.8 Å². The zero-order valence-electron chi connectivity index (χ0n) is 11.1. The number of benzene rings is 1. The van der Waals surface area contributed by atoms with Gasteiger partial charge < -0.3 is 10.6 Å². The number of hydrogen-bond donors (Lipinski definition) is 2. The summed E-state index contributed by atoms with van der Waals surface area (Å²) in [6.45, 7) is 4.49. The highest BCUT2D eigenvalue weighted by Gasteiger charge is 2.11. The predicted octanol–water partition coefficient (Wildman–Crippen LogP) is 1.66. The van der Waals surface area contributed by atoms with Gasteiger partial charge in [-0.3, -0.25) is 9.59 Å². The first kappa shape index (κ1) is 14.7. The molecular formula is C14H17N3O2. The minimum Gasteiger partial charge on any atom is -0.355 e. The van der Waals surface area contributed by atoms with Gasteiger partial charge in [-0.05, 0) is 18.1 Å². The Hall–Kier alpha value is -2.35. The van der Waals surface area contributed by atoms with Crippen molar-refractivity contribution in [3.8, 4) is 6.07 Å². The van der Waals surface area contributed by atoms with E-state index in [0.29, 0.717) is 23.7 Å². The third kappa shape index (κ3) is 5.21. The first-order chi connectivity index (χ1) is 9.02. The quantitative estimate of drug-likeness (QED) is 0.789. The van der Waals surface area contributed by atoms with Crippen LogP contribution in [-0.2, 0) is 9.59 Å². The summed E-state index contributed by atoms with van der Waals surface area (Å²) in [4.78, 5) is 23.1. The molecule has 0 heterocycles. The summed E-state index contributed by atoms with van der Waals surface area (Å²) in [5.74, 6) is -0.407. The van der Waals surface area contributed by atoms with Crippen LogP contribution in [0.4, 0.5) is 5.69 Å². The maximum Gasteiger partial charge on any atom is 0.233 e. The molecule has 5 nitrogen and oxygen atoms in total. The van der Waals surface area contributed by atoms with Crippen LogP contribution in [0.5, 0.6) is 0 Å². The third-order valence-electron chi connectivity index (χ3n) is 2.35. The summed E-state index contributed by atoms with van der Waals surface area (Å²) in [5, 5.41) is 14.1. The molecule has 0 fully saturated rings. The second kappa shape index (κ2) is 7.17. The fourth-order valence-electron chi connectivity index (χ4n) is 1.41. The summed E-state index contributed by atoms with van der Waals surface area (Å²) < 4.78 is 0. The Kier molecular flexibility index (Phi) is 5.55. The lowest BCUT2D eigenvalue weighted by Gasteiger charge is -2.08. The van der Waals surface area contributed by atoms with Gasteiger partial charge in [0.15, 0.2) is 0 Å². The summed E-state index contributed by atoms with van der Waals surface area (Å²) in [5.41, 5.74) is 0.796. The van der Waals surface area contributed by atoms with Crippen molar-refractivity contribution in [1.29, 1.82) is 5.26 Å². The fourth-order valence-corrected chi connectivity index (χ4v) is 1.41. The molecule has 19 heavy (non-hydrogen) atoms. The molecule has 0 aliphatic carbocycles. The number of nitriles is 1. The number of rotatable bonds is 5. The van der Waals surface area contributed by atoms with Gasteiger partial charge in [-0.15, -0.1) is 0 Å². The maximum absolute atomic E-state index is 11.7. The molecule has 2 N–H and O–H groups in total. The van der Waals surface area contributed by atoms with E-state index in [9.17, 15) is 9.59 Å². The molecule has 1 rings (SSSR count). The molecule has 2 amide bonds. The molecule has 0 radical (unpaired) electrons. The minimum atomic E-state index is -0.427. The van der Waals surface area contributed by atoms with Crippen molar-refractivity contribution in [3.63, 3.8) is 0 Å². The Morgan fingerprint density at radius 2 is 1.95 bits per heavy atom. The van der Waals surface area contributed by atoms with E-state index in [2.05, 4.69) is 10.6 Å². The lowest BCUT2D eigenvalue weighted by Crippen LogP contribution is -2.30. The lowest BCUT2D eigenvalue weighted by molar-refractivity contribution is -0.126. The Morgan fingerprint density at radius 1 is 1.26 bits per heavy atom. The molecular weight excluding hydrogens is 242 g/mol. The first-order valence-corrected chi connectivity index (χ1v) is 6.08. The number of para-hydroxylation sites is 1. The fraction of sp³-hybridized carbons (Fsp3) is 0.357. The van der Waals surface area contributed by atoms with E-state index in [4.69, 9.17) is 5.26 Å². The molecule has 100 valence electrons. The van der Waals surface area contributed by atoms with Gasteiger partial charge in [0.05, 0.1) is 11.3 Å². The highest BCUT2D eigenvalue weighted by Crippen LogP contribution is 2.13.